The van der Waals surface area contributed by atoms with E-state index in [9.17, 15) is 0 Å². The molecule has 0 unspecified atom stereocenters. The van der Waals surface area contributed by atoms with Gasteiger partial charge in [0.15, 0.2) is 0 Å². The van der Waals surface area contributed by atoms with Gasteiger partial charge in [-0.05, 0) is 30.8 Å². The van der Waals surface area contributed by atoms with Gasteiger partial charge in [-0.15, -0.1) is 5.10 Å². The van der Waals surface area contributed by atoms with Crippen LogP contribution in [0, 0.1) is 6.92 Å². The van der Waals surface area contributed by atoms with Crippen LogP contribution in [-0.2, 0) is 6.54 Å². The van der Waals surface area contributed by atoms with Gasteiger partial charge in [-0.2, -0.15) is 0 Å². The number of fused-ring (bicyclic) bond motifs is 1. The van der Waals surface area contributed by atoms with Crippen LogP contribution >= 0.6 is 11.8 Å². The van der Waals surface area contributed by atoms with E-state index in [0.29, 0.717) is 11.2 Å². The number of imidazole rings is 1. The molecule has 0 bridgehead atoms. The largest absolute Gasteiger partial charge is 0.309 e. The van der Waals surface area contributed by atoms with Crippen LogP contribution in [0.25, 0.3) is 5.65 Å². The predicted molar refractivity (Wildman–Crippen MR) is 82.4 cm³/mol. The molecule has 3 aromatic heterocycles. The monoisotopic (exact) mass is 302 g/mol. The molecule has 0 aliphatic heterocycles. The fourth-order valence-corrected chi connectivity index (χ4v) is 2.90. The molecule has 0 radical (unpaired) electrons. The van der Waals surface area contributed by atoms with Gasteiger partial charge in [0.25, 0.3) is 0 Å². The maximum atomic E-state index is 4.69. The lowest BCUT2D eigenvalue weighted by Gasteiger charge is -2.09. The topological polar surface area (TPSA) is 70.9 Å². The summed E-state index contributed by atoms with van der Waals surface area (Å²) < 4.78 is 2.11. The summed E-state index contributed by atoms with van der Waals surface area (Å²) in [5.41, 5.74) is 2.07. The summed E-state index contributed by atoms with van der Waals surface area (Å²) in [6.07, 6.45) is 2.03. The lowest BCUT2D eigenvalue weighted by molar-refractivity contribution is 0.574. The molecule has 7 heteroatoms. The Morgan fingerprint density at radius 1 is 1.33 bits per heavy atom. The van der Waals surface area contributed by atoms with E-state index in [-0.39, 0.29) is 0 Å². The van der Waals surface area contributed by atoms with Crippen LogP contribution in [0.3, 0.4) is 0 Å². The van der Waals surface area contributed by atoms with E-state index in [1.165, 1.54) is 11.8 Å². The van der Waals surface area contributed by atoms with Gasteiger partial charge in [0.1, 0.15) is 16.5 Å². The average molecular weight is 302 g/mol. The third-order valence-electron chi connectivity index (χ3n) is 3.03. The van der Waals surface area contributed by atoms with Crippen molar-refractivity contribution in [3.05, 3.63) is 35.9 Å². The number of nitrogens with zero attached hydrogens (tertiary/aromatic N) is 4. The highest BCUT2D eigenvalue weighted by Crippen LogP contribution is 2.28. The molecule has 0 aliphatic carbocycles. The Kier molecular flexibility index (Phi) is 3.94. The Bertz CT molecular complexity index is 745. The van der Waals surface area contributed by atoms with Gasteiger partial charge in [-0.3, -0.25) is 5.10 Å². The minimum Gasteiger partial charge on any atom is -0.309 e. The maximum absolute atomic E-state index is 4.69. The molecule has 2 N–H and O–H groups in total. The van der Waals surface area contributed by atoms with Crippen molar-refractivity contribution < 1.29 is 0 Å². The summed E-state index contributed by atoms with van der Waals surface area (Å²) in [7, 11) is 0. The van der Waals surface area contributed by atoms with Crippen molar-refractivity contribution in [2.24, 2.45) is 0 Å². The van der Waals surface area contributed by atoms with E-state index in [1.54, 1.807) is 0 Å². The molecule has 0 atom stereocenters. The first-order chi connectivity index (χ1) is 10.1. The molecule has 110 valence electrons. The second-order valence-corrected chi connectivity index (χ2v) is 6.09. The summed E-state index contributed by atoms with van der Waals surface area (Å²) >= 11 is 1.49. The molecule has 3 aromatic rings. The zero-order chi connectivity index (χ0) is 14.8. The number of hydrogen-bond donors (Lipinski definition) is 2. The summed E-state index contributed by atoms with van der Waals surface area (Å²) in [5, 5.41) is 12.1. The molecule has 6 nitrogen and oxygen atoms in total. The van der Waals surface area contributed by atoms with Crippen LogP contribution in [0.1, 0.15) is 25.4 Å². The molecule has 0 amide bonds. The molecule has 21 heavy (non-hydrogen) atoms. The number of pyridine rings is 1. The molecule has 0 fully saturated rings. The van der Waals surface area contributed by atoms with E-state index < -0.39 is 0 Å². The minimum atomic E-state index is 0.419. The fraction of sp³-hybridized carbons (Fsp3) is 0.357. The summed E-state index contributed by atoms with van der Waals surface area (Å²) in [4.78, 5) is 9.03. The Balaban J connectivity index is 1.97. The highest BCUT2D eigenvalue weighted by Gasteiger charge is 2.15. The zero-order valence-corrected chi connectivity index (χ0v) is 13.1. The molecule has 0 spiro atoms. The number of H-pyrrole nitrogens is 1. The van der Waals surface area contributed by atoms with Gasteiger partial charge in [-0.1, -0.05) is 19.9 Å². The van der Waals surface area contributed by atoms with Crippen LogP contribution in [-0.4, -0.2) is 30.6 Å². The standard InChI is InChI=1S/C14H18N6S/c1-9(2)15-8-11-13(21-14-16-10(3)18-19-14)17-12-6-4-5-7-20(11)12/h4-7,9,15H,8H2,1-3H3,(H,16,18,19). The summed E-state index contributed by atoms with van der Waals surface area (Å²) in [6, 6.07) is 6.43. The van der Waals surface area contributed by atoms with Crippen molar-refractivity contribution >= 4 is 17.4 Å². The van der Waals surface area contributed by atoms with Crippen molar-refractivity contribution in [2.75, 3.05) is 0 Å². The van der Waals surface area contributed by atoms with E-state index in [1.807, 2.05) is 31.3 Å². The molecule has 0 saturated heterocycles. The first-order valence-corrected chi connectivity index (χ1v) is 7.71. The third-order valence-corrected chi connectivity index (χ3v) is 3.92. The molecule has 0 saturated carbocycles. The second kappa shape index (κ2) is 5.87. The summed E-state index contributed by atoms with van der Waals surface area (Å²) in [5.74, 6) is 0.808. The van der Waals surface area contributed by atoms with Crippen LogP contribution in [0.4, 0.5) is 0 Å². The minimum absolute atomic E-state index is 0.419. The Morgan fingerprint density at radius 2 is 2.19 bits per heavy atom. The average Bonchev–Trinajstić information content (AvgIpc) is 3.00. The van der Waals surface area contributed by atoms with Gasteiger partial charge in [-0.25, -0.2) is 9.97 Å². The molecular formula is C14H18N6S. The van der Waals surface area contributed by atoms with E-state index in [4.69, 9.17) is 0 Å². The molecule has 0 aliphatic rings. The van der Waals surface area contributed by atoms with E-state index in [0.717, 1.165) is 28.7 Å². The van der Waals surface area contributed by atoms with E-state index >= 15 is 0 Å². The number of aromatic amines is 1. The normalized spacial score (nSPS) is 11.6. The van der Waals surface area contributed by atoms with Crippen molar-refractivity contribution in [3.8, 4) is 0 Å². The zero-order valence-electron chi connectivity index (χ0n) is 12.3. The highest BCUT2D eigenvalue weighted by molar-refractivity contribution is 7.99. The number of aryl methyl sites for hydroxylation is 1. The predicted octanol–water partition coefficient (Wildman–Crippen LogP) is 2.41. The number of nitrogens with one attached hydrogen (secondary N) is 2. The van der Waals surface area contributed by atoms with Gasteiger partial charge in [0.05, 0.1) is 5.69 Å². The number of hydrogen-bond acceptors (Lipinski definition) is 5. The van der Waals surface area contributed by atoms with Crippen LogP contribution in [0.2, 0.25) is 0 Å². The number of aromatic nitrogens is 5. The highest BCUT2D eigenvalue weighted by atomic mass is 32.2. The van der Waals surface area contributed by atoms with Crippen LogP contribution in [0.15, 0.2) is 34.6 Å². The second-order valence-electron chi connectivity index (χ2n) is 5.13. The van der Waals surface area contributed by atoms with Crippen molar-refractivity contribution in [3.63, 3.8) is 0 Å². The van der Waals surface area contributed by atoms with Crippen molar-refractivity contribution in [2.45, 2.75) is 43.5 Å². The van der Waals surface area contributed by atoms with Gasteiger partial charge in [0.2, 0.25) is 5.16 Å². The molecule has 3 rings (SSSR count). The fourth-order valence-electron chi connectivity index (χ4n) is 2.02. The number of rotatable bonds is 5. The van der Waals surface area contributed by atoms with Crippen LogP contribution in [0.5, 0.6) is 0 Å². The Hall–Kier alpha value is -1.86. The Morgan fingerprint density at radius 3 is 2.90 bits per heavy atom. The van der Waals surface area contributed by atoms with Gasteiger partial charge in [0, 0.05) is 18.8 Å². The lowest BCUT2D eigenvalue weighted by Crippen LogP contribution is -2.23. The lowest BCUT2D eigenvalue weighted by atomic mass is 10.3. The maximum Gasteiger partial charge on any atom is 0.214 e. The quantitative estimate of drug-likeness (QED) is 0.757. The first-order valence-electron chi connectivity index (χ1n) is 6.89. The van der Waals surface area contributed by atoms with Crippen molar-refractivity contribution in [1.29, 1.82) is 0 Å². The Labute approximate surface area is 127 Å². The smallest absolute Gasteiger partial charge is 0.214 e. The van der Waals surface area contributed by atoms with Gasteiger partial charge < -0.3 is 9.72 Å². The van der Waals surface area contributed by atoms with E-state index in [2.05, 4.69) is 43.7 Å². The van der Waals surface area contributed by atoms with Crippen LogP contribution < -0.4 is 5.32 Å². The van der Waals surface area contributed by atoms with Crippen molar-refractivity contribution in [1.82, 2.24) is 29.9 Å². The third kappa shape index (κ3) is 3.08. The summed E-state index contributed by atoms with van der Waals surface area (Å²) in [6.45, 7) is 6.92. The first kappa shape index (κ1) is 14.1. The molecular weight excluding hydrogens is 284 g/mol. The SMILES string of the molecule is Cc1nc(Sc2nc3ccccn3c2CNC(C)C)n[nH]1. The molecule has 3 heterocycles. The molecule has 0 aromatic carbocycles. The van der Waals surface area contributed by atoms with Gasteiger partial charge >= 0.3 is 0 Å².